The number of hydrogen-bond donors (Lipinski definition) is 1. The summed E-state index contributed by atoms with van der Waals surface area (Å²) in [5.41, 5.74) is 1.08. The smallest absolute Gasteiger partial charge is 0.124 e. The molecule has 3 heteroatoms. The van der Waals surface area contributed by atoms with Crippen LogP contribution in [0.2, 0.25) is 0 Å². The van der Waals surface area contributed by atoms with E-state index in [0.717, 1.165) is 21.3 Å². The normalized spacial score (nSPS) is 13.2. The number of halogens is 1. The SMILES string of the molecule is C#CCC(C)(O)Cc1c(Br)cccc1OCc1ccccc1. The molecule has 0 radical (unpaired) electrons. The Balaban J connectivity index is 2.18. The molecule has 2 aromatic rings. The zero-order chi connectivity index (χ0) is 16.0. The lowest BCUT2D eigenvalue weighted by Crippen LogP contribution is -2.27. The first-order chi connectivity index (χ1) is 10.5. The second kappa shape index (κ2) is 7.49. The van der Waals surface area contributed by atoms with Gasteiger partial charge in [0.1, 0.15) is 12.4 Å². The first-order valence-corrected chi connectivity index (χ1v) is 7.91. The van der Waals surface area contributed by atoms with Gasteiger partial charge in [0.05, 0.1) is 5.60 Å². The molecule has 0 saturated carbocycles. The van der Waals surface area contributed by atoms with Gasteiger partial charge in [0, 0.05) is 22.9 Å². The number of terminal acetylenes is 1. The third-order valence-corrected chi connectivity index (χ3v) is 4.10. The van der Waals surface area contributed by atoms with Crippen LogP contribution in [0.25, 0.3) is 0 Å². The van der Waals surface area contributed by atoms with Crippen molar-refractivity contribution in [1.29, 1.82) is 0 Å². The van der Waals surface area contributed by atoms with Gasteiger partial charge in [-0.3, -0.25) is 0 Å². The van der Waals surface area contributed by atoms with E-state index in [1.165, 1.54) is 0 Å². The maximum Gasteiger partial charge on any atom is 0.124 e. The summed E-state index contributed by atoms with van der Waals surface area (Å²) < 4.78 is 6.85. The fourth-order valence-electron chi connectivity index (χ4n) is 2.24. The molecule has 2 nitrogen and oxygen atoms in total. The van der Waals surface area contributed by atoms with Gasteiger partial charge in [0.2, 0.25) is 0 Å². The molecule has 0 aliphatic heterocycles. The maximum absolute atomic E-state index is 10.4. The Morgan fingerprint density at radius 3 is 2.59 bits per heavy atom. The maximum atomic E-state index is 10.4. The highest BCUT2D eigenvalue weighted by atomic mass is 79.9. The van der Waals surface area contributed by atoms with Gasteiger partial charge in [-0.2, -0.15) is 0 Å². The van der Waals surface area contributed by atoms with E-state index in [-0.39, 0.29) is 0 Å². The minimum absolute atomic E-state index is 0.298. The predicted octanol–water partition coefficient (Wildman–Crippen LogP) is 4.34. The van der Waals surface area contributed by atoms with E-state index in [0.29, 0.717) is 19.4 Å². The molecule has 0 bridgehead atoms. The molecule has 1 unspecified atom stereocenters. The lowest BCUT2D eigenvalue weighted by Gasteiger charge is -2.23. The van der Waals surface area contributed by atoms with Gasteiger partial charge in [-0.1, -0.05) is 52.3 Å². The Morgan fingerprint density at radius 2 is 1.91 bits per heavy atom. The van der Waals surface area contributed by atoms with Crippen molar-refractivity contribution in [2.75, 3.05) is 0 Å². The second-order valence-electron chi connectivity index (χ2n) is 5.55. The van der Waals surface area contributed by atoms with E-state index >= 15 is 0 Å². The van der Waals surface area contributed by atoms with Crippen molar-refractivity contribution in [3.63, 3.8) is 0 Å². The van der Waals surface area contributed by atoms with Crippen molar-refractivity contribution >= 4 is 15.9 Å². The van der Waals surface area contributed by atoms with Crippen LogP contribution in [-0.2, 0) is 13.0 Å². The van der Waals surface area contributed by atoms with Gasteiger partial charge in [0.25, 0.3) is 0 Å². The van der Waals surface area contributed by atoms with Crippen LogP contribution >= 0.6 is 15.9 Å². The molecule has 0 heterocycles. The Labute approximate surface area is 140 Å². The van der Waals surface area contributed by atoms with Gasteiger partial charge in [0.15, 0.2) is 0 Å². The highest BCUT2D eigenvalue weighted by Gasteiger charge is 2.23. The highest BCUT2D eigenvalue weighted by Crippen LogP contribution is 2.31. The Hall–Kier alpha value is -1.76. The minimum Gasteiger partial charge on any atom is -0.489 e. The lowest BCUT2D eigenvalue weighted by atomic mass is 9.93. The van der Waals surface area contributed by atoms with Crippen LogP contribution in [-0.4, -0.2) is 10.7 Å². The molecule has 114 valence electrons. The fraction of sp³-hybridized carbons (Fsp3) is 0.263. The summed E-state index contributed by atoms with van der Waals surface area (Å²) in [7, 11) is 0. The van der Waals surface area contributed by atoms with Gasteiger partial charge in [-0.25, -0.2) is 0 Å². The van der Waals surface area contributed by atoms with E-state index < -0.39 is 5.60 Å². The molecule has 1 N–H and O–H groups in total. The lowest BCUT2D eigenvalue weighted by molar-refractivity contribution is 0.0648. The molecular formula is C19H19BrO2. The standard InChI is InChI=1S/C19H19BrO2/c1-3-12-19(2,21)13-16-17(20)10-7-11-18(16)22-14-15-8-5-4-6-9-15/h1,4-11,21H,12-14H2,2H3. The minimum atomic E-state index is -0.955. The average Bonchev–Trinajstić information content (AvgIpc) is 2.49. The van der Waals surface area contributed by atoms with Crippen molar-refractivity contribution in [3.8, 4) is 18.1 Å². The van der Waals surface area contributed by atoms with Crippen molar-refractivity contribution in [1.82, 2.24) is 0 Å². The van der Waals surface area contributed by atoms with Crippen LogP contribution < -0.4 is 4.74 Å². The summed E-state index contributed by atoms with van der Waals surface area (Å²) >= 11 is 3.53. The highest BCUT2D eigenvalue weighted by molar-refractivity contribution is 9.10. The molecule has 0 aliphatic rings. The number of hydrogen-bond acceptors (Lipinski definition) is 2. The van der Waals surface area contributed by atoms with Crippen molar-refractivity contribution in [2.24, 2.45) is 0 Å². The largest absolute Gasteiger partial charge is 0.489 e. The topological polar surface area (TPSA) is 29.5 Å². The summed E-state index contributed by atoms with van der Waals surface area (Å²) in [6, 6.07) is 15.8. The number of ether oxygens (including phenoxy) is 1. The van der Waals surface area contributed by atoms with Gasteiger partial charge >= 0.3 is 0 Å². The summed E-state index contributed by atoms with van der Waals surface area (Å²) in [6.07, 6.45) is 6.06. The van der Waals surface area contributed by atoms with Gasteiger partial charge in [-0.15, -0.1) is 12.3 Å². The first-order valence-electron chi connectivity index (χ1n) is 7.12. The number of rotatable bonds is 6. The Kier molecular flexibility index (Phi) is 5.65. The van der Waals surface area contributed by atoms with E-state index in [1.54, 1.807) is 6.92 Å². The van der Waals surface area contributed by atoms with Gasteiger partial charge in [-0.05, 0) is 24.6 Å². The molecule has 0 saturated heterocycles. The van der Waals surface area contributed by atoms with E-state index in [1.807, 2.05) is 48.5 Å². The van der Waals surface area contributed by atoms with Crippen LogP contribution in [0.5, 0.6) is 5.75 Å². The molecular weight excluding hydrogens is 340 g/mol. The van der Waals surface area contributed by atoms with Crippen LogP contribution in [0.3, 0.4) is 0 Å². The predicted molar refractivity (Wildman–Crippen MR) is 92.7 cm³/mol. The molecule has 0 aromatic heterocycles. The summed E-state index contributed by atoms with van der Waals surface area (Å²) in [5, 5.41) is 10.4. The average molecular weight is 359 g/mol. The van der Waals surface area contributed by atoms with Crippen LogP contribution in [0.15, 0.2) is 53.0 Å². The van der Waals surface area contributed by atoms with Crippen LogP contribution in [0.1, 0.15) is 24.5 Å². The molecule has 0 aliphatic carbocycles. The quantitative estimate of drug-likeness (QED) is 0.778. The fourth-order valence-corrected chi connectivity index (χ4v) is 2.73. The third-order valence-electron chi connectivity index (χ3n) is 3.35. The molecule has 2 rings (SSSR count). The third kappa shape index (κ3) is 4.62. The summed E-state index contributed by atoms with van der Waals surface area (Å²) in [6.45, 7) is 2.23. The van der Waals surface area contributed by atoms with Gasteiger partial charge < -0.3 is 9.84 Å². The molecule has 0 amide bonds. The number of benzene rings is 2. The Bertz CT molecular complexity index is 657. The summed E-state index contributed by atoms with van der Waals surface area (Å²) in [5.74, 6) is 3.28. The van der Waals surface area contributed by atoms with Crippen LogP contribution in [0, 0.1) is 12.3 Å². The van der Waals surface area contributed by atoms with Crippen molar-refractivity contribution in [2.45, 2.75) is 32.0 Å². The zero-order valence-electron chi connectivity index (χ0n) is 12.6. The number of aliphatic hydroxyl groups is 1. The summed E-state index contributed by atoms with van der Waals surface area (Å²) in [4.78, 5) is 0. The molecule has 2 aromatic carbocycles. The van der Waals surface area contributed by atoms with E-state index in [2.05, 4.69) is 21.9 Å². The Morgan fingerprint density at radius 1 is 1.18 bits per heavy atom. The zero-order valence-corrected chi connectivity index (χ0v) is 14.1. The van der Waals surface area contributed by atoms with E-state index in [4.69, 9.17) is 11.2 Å². The van der Waals surface area contributed by atoms with Crippen molar-refractivity contribution in [3.05, 3.63) is 64.1 Å². The first kappa shape index (κ1) is 16.6. The van der Waals surface area contributed by atoms with Crippen molar-refractivity contribution < 1.29 is 9.84 Å². The molecule has 0 spiro atoms. The van der Waals surface area contributed by atoms with E-state index in [9.17, 15) is 5.11 Å². The van der Waals surface area contributed by atoms with Crippen LogP contribution in [0.4, 0.5) is 0 Å². The molecule has 22 heavy (non-hydrogen) atoms. The second-order valence-corrected chi connectivity index (χ2v) is 6.40. The monoisotopic (exact) mass is 358 g/mol. The molecule has 1 atom stereocenters. The molecule has 0 fully saturated rings.